The van der Waals surface area contributed by atoms with E-state index in [9.17, 15) is 5.21 Å². The summed E-state index contributed by atoms with van der Waals surface area (Å²) in [7, 11) is 0. The van der Waals surface area contributed by atoms with Crippen molar-refractivity contribution in [3.8, 4) is 5.75 Å². The van der Waals surface area contributed by atoms with Crippen LogP contribution in [0, 0.1) is 5.21 Å². The average molecular weight is 285 g/mol. The van der Waals surface area contributed by atoms with Gasteiger partial charge in [0.1, 0.15) is 36.5 Å². The number of ether oxygens (including phenoxy) is 2. The van der Waals surface area contributed by atoms with E-state index in [1.165, 1.54) is 0 Å². The molecule has 3 heterocycles. The molecular weight excluding hydrogens is 270 g/mol. The number of rotatable bonds is 4. The van der Waals surface area contributed by atoms with E-state index in [4.69, 9.17) is 9.47 Å². The molecule has 0 amide bonds. The lowest BCUT2D eigenvalue weighted by Gasteiger charge is -2.15. The number of nitrogens with zero attached hydrogens (tertiary/aromatic N) is 1. The van der Waals surface area contributed by atoms with Crippen molar-refractivity contribution in [2.45, 2.75) is 6.10 Å². The molecule has 2 aliphatic heterocycles. The minimum absolute atomic E-state index is 0.121. The van der Waals surface area contributed by atoms with Gasteiger partial charge in [0.25, 0.3) is 0 Å². The summed E-state index contributed by atoms with van der Waals surface area (Å²) in [5.41, 5.74) is 2.55. The minimum atomic E-state index is 0.121. The summed E-state index contributed by atoms with van der Waals surface area (Å²) in [5.74, 6) is 1.48. The number of H-pyrrole nitrogens is 1. The number of aromatic nitrogens is 2. The Kier molecular flexibility index (Phi) is 2.99. The molecule has 1 fully saturated rings. The zero-order chi connectivity index (χ0) is 14.2. The van der Waals surface area contributed by atoms with Gasteiger partial charge >= 0.3 is 0 Å². The first-order chi connectivity index (χ1) is 10.3. The number of hydroxylamine groups is 1. The van der Waals surface area contributed by atoms with E-state index in [1.54, 1.807) is 12.4 Å². The first-order valence-corrected chi connectivity index (χ1v) is 6.92. The fourth-order valence-corrected chi connectivity index (χ4v) is 2.56. The molecule has 21 heavy (non-hydrogen) atoms. The third-order valence-electron chi connectivity index (χ3n) is 3.66. The maximum absolute atomic E-state index is 12.2. The molecule has 0 radical (unpaired) electrons. The van der Waals surface area contributed by atoms with Crippen LogP contribution in [0.4, 0.5) is 5.69 Å². The lowest BCUT2D eigenvalue weighted by Crippen LogP contribution is -3.00. The SMILES string of the molecule is [O-][NH+]1CC(=Cc2ncc[nH]2)c2c(OCC3CO3)cccc21. The predicted octanol–water partition coefficient (Wildman–Crippen LogP) is 0.756. The molecule has 6 heteroatoms. The Morgan fingerprint density at radius 2 is 2.43 bits per heavy atom. The predicted molar refractivity (Wildman–Crippen MR) is 77.0 cm³/mol. The van der Waals surface area contributed by atoms with Crippen LogP contribution >= 0.6 is 0 Å². The number of nitrogens with one attached hydrogen (secondary N) is 2. The van der Waals surface area contributed by atoms with Gasteiger partial charge in [-0.05, 0) is 12.1 Å². The molecule has 2 aliphatic rings. The van der Waals surface area contributed by atoms with Gasteiger partial charge in [0.15, 0.2) is 0 Å². The zero-order valence-electron chi connectivity index (χ0n) is 11.3. The third-order valence-corrected chi connectivity index (χ3v) is 3.66. The van der Waals surface area contributed by atoms with Crippen molar-refractivity contribution in [3.63, 3.8) is 0 Å². The molecule has 2 unspecified atom stereocenters. The lowest BCUT2D eigenvalue weighted by molar-refractivity contribution is -0.762. The van der Waals surface area contributed by atoms with Crippen molar-refractivity contribution in [3.05, 3.63) is 47.2 Å². The summed E-state index contributed by atoms with van der Waals surface area (Å²) in [6, 6.07) is 5.60. The molecule has 0 spiro atoms. The van der Waals surface area contributed by atoms with Crippen molar-refractivity contribution in [1.29, 1.82) is 0 Å². The van der Waals surface area contributed by atoms with Crippen LogP contribution in [0.2, 0.25) is 0 Å². The number of fused-ring (bicyclic) bond motifs is 1. The number of hydrogen-bond acceptors (Lipinski definition) is 4. The van der Waals surface area contributed by atoms with E-state index in [1.807, 2.05) is 24.3 Å². The maximum atomic E-state index is 12.2. The van der Waals surface area contributed by atoms with Gasteiger partial charge in [0.2, 0.25) is 0 Å². The Morgan fingerprint density at radius 3 is 3.19 bits per heavy atom. The van der Waals surface area contributed by atoms with Gasteiger partial charge in [0.05, 0.1) is 12.2 Å². The lowest BCUT2D eigenvalue weighted by atomic mass is 10.1. The van der Waals surface area contributed by atoms with Crippen LogP contribution in [0.5, 0.6) is 5.75 Å². The molecule has 4 rings (SSSR count). The van der Waals surface area contributed by atoms with Gasteiger partial charge in [0, 0.05) is 24.0 Å². The zero-order valence-corrected chi connectivity index (χ0v) is 11.3. The monoisotopic (exact) mass is 285 g/mol. The van der Waals surface area contributed by atoms with Gasteiger partial charge in [-0.15, -0.1) is 0 Å². The van der Waals surface area contributed by atoms with Crippen molar-refractivity contribution < 1.29 is 14.5 Å². The molecule has 2 aromatic rings. The van der Waals surface area contributed by atoms with Crippen LogP contribution in [-0.2, 0) is 4.74 Å². The second-order valence-electron chi connectivity index (χ2n) is 5.19. The first kappa shape index (κ1) is 12.6. The summed E-state index contributed by atoms with van der Waals surface area (Å²) in [6.45, 7) is 1.66. The normalized spacial score (nSPS) is 25.1. The second kappa shape index (κ2) is 5.00. The Labute approximate surface area is 121 Å². The highest BCUT2D eigenvalue weighted by atomic mass is 16.6. The Balaban J connectivity index is 1.71. The summed E-state index contributed by atoms with van der Waals surface area (Å²) in [4.78, 5) is 7.22. The van der Waals surface area contributed by atoms with Crippen molar-refractivity contribution in [1.82, 2.24) is 9.97 Å². The smallest absolute Gasteiger partial charge is 0.143 e. The third kappa shape index (κ3) is 2.44. The van der Waals surface area contributed by atoms with Gasteiger partial charge in [-0.25, -0.2) is 4.98 Å². The van der Waals surface area contributed by atoms with Gasteiger partial charge in [-0.2, -0.15) is 0 Å². The molecule has 0 aliphatic carbocycles. The minimum Gasteiger partial charge on any atom is -0.629 e. The molecule has 108 valence electrons. The van der Waals surface area contributed by atoms with E-state index in [0.29, 0.717) is 13.2 Å². The van der Waals surface area contributed by atoms with Gasteiger partial charge < -0.3 is 24.7 Å². The number of epoxide rings is 1. The summed E-state index contributed by atoms with van der Waals surface area (Å²) in [5, 5.41) is 12.3. The quantitative estimate of drug-likeness (QED) is 0.642. The highest BCUT2D eigenvalue weighted by molar-refractivity contribution is 5.89. The summed E-state index contributed by atoms with van der Waals surface area (Å²) >= 11 is 0. The molecule has 1 aromatic heterocycles. The van der Waals surface area contributed by atoms with Crippen LogP contribution in [0.1, 0.15) is 11.4 Å². The Morgan fingerprint density at radius 1 is 1.52 bits per heavy atom. The maximum Gasteiger partial charge on any atom is 0.143 e. The molecule has 2 N–H and O–H groups in total. The van der Waals surface area contributed by atoms with E-state index in [-0.39, 0.29) is 11.2 Å². The molecule has 1 aromatic carbocycles. The molecule has 0 saturated carbocycles. The Bertz CT molecular complexity index is 677. The number of aromatic amines is 1. The van der Waals surface area contributed by atoms with Crippen molar-refractivity contribution in [2.75, 3.05) is 19.8 Å². The van der Waals surface area contributed by atoms with E-state index in [0.717, 1.165) is 35.0 Å². The van der Waals surface area contributed by atoms with E-state index >= 15 is 0 Å². The topological polar surface area (TPSA) is 77.9 Å². The van der Waals surface area contributed by atoms with Crippen LogP contribution in [0.25, 0.3) is 11.6 Å². The fraction of sp³-hybridized carbons (Fsp3) is 0.267. The molecular formula is C15H15N3O3. The van der Waals surface area contributed by atoms with Gasteiger partial charge in [-0.3, -0.25) is 0 Å². The number of hydrogen-bond donors (Lipinski definition) is 2. The summed E-state index contributed by atoms with van der Waals surface area (Å²) < 4.78 is 11.0. The molecule has 1 saturated heterocycles. The van der Waals surface area contributed by atoms with Crippen LogP contribution < -0.4 is 9.80 Å². The summed E-state index contributed by atoms with van der Waals surface area (Å²) in [6.07, 6.45) is 5.55. The number of quaternary nitrogens is 1. The standard InChI is InChI=1S/C15H15N3O3/c19-18-7-10(6-14-16-4-5-17-14)15-12(18)2-1-3-13(15)21-9-11-8-20-11/h1-6,11,18H,7-9H2,(H,16,17). The van der Waals surface area contributed by atoms with E-state index < -0.39 is 0 Å². The van der Waals surface area contributed by atoms with Crippen LogP contribution in [-0.4, -0.2) is 35.8 Å². The Hall–Kier alpha value is -2.15. The largest absolute Gasteiger partial charge is 0.629 e. The second-order valence-corrected chi connectivity index (χ2v) is 5.19. The van der Waals surface area contributed by atoms with Crippen molar-refractivity contribution >= 4 is 17.3 Å². The first-order valence-electron chi connectivity index (χ1n) is 6.92. The molecule has 6 nitrogen and oxygen atoms in total. The highest BCUT2D eigenvalue weighted by Crippen LogP contribution is 2.35. The van der Waals surface area contributed by atoms with Crippen molar-refractivity contribution in [2.24, 2.45) is 0 Å². The number of imidazole rings is 1. The van der Waals surface area contributed by atoms with E-state index in [2.05, 4.69) is 9.97 Å². The van der Waals surface area contributed by atoms with Crippen LogP contribution in [0.3, 0.4) is 0 Å². The number of benzene rings is 1. The van der Waals surface area contributed by atoms with Crippen LogP contribution in [0.15, 0.2) is 30.6 Å². The average Bonchev–Trinajstić information content (AvgIpc) is 3.08. The highest BCUT2D eigenvalue weighted by Gasteiger charge is 2.29. The molecule has 2 atom stereocenters. The molecule has 0 bridgehead atoms. The fourth-order valence-electron chi connectivity index (χ4n) is 2.56. The van der Waals surface area contributed by atoms with Gasteiger partial charge in [-0.1, -0.05) is 6.07 Å².